The predicted molar refractivity (Wildman–Crippen MR) is 73.2 cm³/mol. The average Bonchev–Trinajstić information content (AvgIpc) is 3.04. The minimum absolute atomic E-state index is 0.0553. The van der Waals surface area contributed by atoms with Gasteiger partial charge in [0.05, 0.1) is 18.0 Å². The molecule has 1 spiro atoms. The van der Waals surface area contributed by atoms with Crippen LogP contribution in [0.4, 0.5) is 0 Å². The lowest BCUT2D eigenvalue weighted by molar-refractivity contribution is 0.111. The molecule has 6 heteroatoms. The van der Waals surface area contributed by atoms with Gasteiger partial charge in [-0.25, -0.2) is 8.42 Å². The Hall–Kier alpha value is -0.880. The summed E-state index contributed by atoms with van der Waals surface area (Å²) in [6, 6.07) is 1.90. The van der Waals surface area contributed by atoms with Crippen LogP contribution in [0.25, 0.3) is 0 Å². The number of fused-ring (bicyclic) bond motifs is 1. The summed E-state index contributed by atoms with van der Waals surface area (Å²) in [6.07, 6.45) is 4.73. The van der Waals surface area contributed by atoms with Gasteiger partial charge < -0.3 is 4.52 Å². The van der Waals surface area contributed by atoms with Crippen LogP contribution < -0.4 is 0 Å². The van der Waals surface area contributed by atoms with Crippen LogP contribution in [0.1, 0.15) is 38.8 Å². The number of nitrogens with zero attached hydrogens (tertiary/aromatic N) is 2. The predicted octanol–water partition coefficient (Wildman–Crippen LogP) is 2.01. The molecule has 1 aromatic rings. The van der Waals surface area contributed by atoms with Crippen molar-refractivity contribution in [2.75, 3.05) is 5.75 Å². The lowest BCUT2D eigenvalue weighted by Gasteiger charge is -2.37. The van der Waals surface area contributed by atoms with Gasteiger partial charge in [-0.05, 0) is 30.6 Å². The Kier molecular flexibility index (Phi) is 2.34. The van der Waals surface area contributed by atoms with Crippen LogP contribution >= 0.6 is 0 Å². The molecule has 20 heavy (non-hydrogen) atoms. The molecule has 1 aliphatic heterocycles. The lowest BCUT2D eigenvalue weighted by Crippen LogP contribution is -2.41. The number of sulfonamides is 1. The van der Waals surface area contributed by atoms with E-state index in [1.807, 2.05) is 0 Å². The second kappa shape index (κ2) is 3.65. The van der Waals surface area contributed by atoms with Crippen molar-refractivity contribution in [1.29, 1.82) is 0 Å². The molecular weight excluding hydrogens is 276 g/mol. The highest BCUT2D eigenvalue weighted by Gasteiger charge is 2.71. The van der Waals surface area contributed by atoms with E-state index >= 15 is 0 Å². The van der Waals surface area contributed by atoms with Crippen LogP contribution in [0.15, 0.2) is 16.9 Å². The highest BCUT2D eigenvalue weighted by Crippen LogP contribution is 2.70. The van der Waals surface area contributed by atoms with Gasteiger partial charge in [-0.2, -0.15) is 4.31 Å². The third-order valence-electron chi connectivity index (χ3n) is 6.34. The molecule has 5 nitrogen and oxygen atoms in total. The number of hydrogen-bond acceptors (Lipinski definition) is 4. The zero-order valence-electron chi connectivity index (χ0n) is 11.9. The van der Waals surface area contributed by atoms with Crippen LogP contribution in [-0.2, 0) is 16.6 Å². The summed E-state index contributed by atoms with van der Waals surface area (Å²) in [5, 5.41) is 3.87. The number of rotatable bonds is 2. The normalized spacial score (nSPS) is 41.1. The van der Waals surface area contributed by atoms with Crippen LogP contribution in [0.2, 0.25) is 0 Å². The van der Waals surface area contributed by atoms with E-state index in [1.54, 1.807) is 10.4 Å². The first-order chi connectivity index (χ1) is 9.37. The van der Waals surface area contributed by atoms with E-state index in [1.165, 1.54) is 12.7 Å². The van der Waals surface area contributed by atoms with E-state index in [4.69, 9.17) is 4.52 Å². The average molecular weight is 296 g/mol. The molecule has 2 heterocycles. The fraction of sp³-hybridized carbons (Fsp3) is 0.786. The van der Waals surface area contributed by atoms with Crippen molar-refractivity contribution in [2.24, 2.45) is 16.7 Å². The Bertz CT molecular complexity index is 637. The largest absolute Gasteiger partial charge is 0.364 e. The Morgan fingerprint density at radius 3 is 2.95 bits per heavy atom. The molecule has 1 aromatic heterocycles. The van der Waals surface area contributed by atoms with Crippen molar-refractivity contribution in [3.8, 4) is 0 Å². The van der Waals surface area contributed by atoms with Crippen molar-refractivity contribution >= 4 is 10.0 Å². The third-order valence-corrected chi connectivity index (χ3v) is 8.32. The molecule has 3 aliphatic rings. The maximum Gasteiger partial charge on any atom is 0.215 e. The molecule has 110 valence electrons. The van der Waals surface area contributed by atoms with Crippen molar-refractivity contribution in [3.63, 3.8) is 0 Å². The van der Waals surface area contributed by atoms with Gasteiger partial charge in [0, 0.05) is 17.5 Å². The minimum Gasteiger partial charge on any atom is -0.364 e. The Morgan fingerprint density at radius 2 is 2.30 bits per heavy atom. The van der Waals surface area contributed by atoms with Gasteiger partial charge in [0.2, 0.25) is 10.0 Å². The van der Waals surface area contributed by atoms with E-state index in [2.05, 4.69) is 19.0 Å². The molecule has 3 fully saturated rings. The van der Waals surface area contributed by atoms with Crippen LogP contribution in [0.3, 0.4) is 0 Å². The third kappa shape index (κ3) is 1.36. The van der Waals surface area contributed by atoms with E-state index < -0.39 is 10.0 Å². The highest BCUT2D eigenvalue weighted by molar-refractivity contribution is 7.89. The summed E-state index contributed by atoms with van der Waals surface area (Å²) in [5.74, 6) is 0.967. The van der Waals surface area contributed by atoms with Crippen LogP contribution in [-0.4, -0.2) is 29.7 Å². The van der Waals surface area contributed by atoms with Crippen molar-refractivity contribution in [1.82, 2.24) is 9.46 Å². The molecule has 0 aromatic carbocycles. The second-order valence-electron chi connectivity index (χ2n) is 7.16. The van der Waals surface area contributed by atoms with Gasteiger partial charge in [0.15, 0.2) is 0 Å². The van der Waals surface area contributed by atoms with Gasteiger partial charge in [0.1, 0.15) is 6.26 Å². The molecule has 0 radical (unpaired) electrons. The van der Waals surface area contributed by atoms with E-state index in [9.17, 15) is 8.42 Å². The van der Waals surface area contributed by atoms with E-state index in [0.717, 1.165) is 12.8 Å². The van der Waals surface area contributed by atoms with Crippen molar-refractivity contribution < 1.29 is 12.9 Å². The standard InChI is InChI=1S/C14H20N2O3S/c1-13(2)10-3-5-14(13)9-20(17,18)16(12(14)7-10)8-11-4-6-19-15-11/h4,6,10,12H,3,5,7-9H2,1-2H3/t10-,12+,14+/m1/s1. The quantitative estimate of drug-likeness (QED) is 0.837. The van der Waals surface area contributed by atoms with Crippen molar-refractivity contribution in [2.45, 2.75) is 45.7 Å². The number of aromatic nitrogens is 1. The summed E-state index contributed by atoms with van der Waals surface area (Å²) in [5.41, 5.74) is 0.773. The van der Waals surface area contributed by atoms with E-state index in [0.29, 0.717) is 23.9 Å². The molecule has 4 rings (SSSR count). The van der Waals surface area contributed by atoms with Gasteiger partial charge >= 0.3 is 0 Å². The van der Waals surface area contributed by atoms with Gasteiger partial charge in [-0.1, -0.05) is 19.0 Å². The minimum atomic E-state index is -3.19. The Morgan fingerprint density at radius 1 is 1.50 bits per heavy atom. The van der Waals surface area contributed by atoms with Crippen LogP contribution in [0, 0.1) is 16.7 Å². The molecule has 3 atom stereocenters. The second-order valence-corrected chi connectivity index (χ2v) is 9.08. The smallest absolute Gasteiger partial charge is 0.215 e. The number of hydrogen-bond donors (Lipinski definition) is 0. The molecule has 2 aliphatic carbocycles. The SMILES string of the molecule is CC1(C)[C@@H]2CC[C@@]13CS(=O)(=O)N(Cc1ccon1)[C@H]3C2. The highest BCUT2D eigenvalue weighted by atomic mass is 32.2. The first kappa shape index (κ1) is 12.8. The van der Waals surface area contributed by atoms with Gasteiger partial charge in [0.25, 0.3) is 0 Å². The first-order valence-corrected chi connectivity index (χ1v) is 8.86. The molecule has 1 saturated heterocycles. The van der Waals surface area contributed by atoms with Crippen molar-refractivity contribution in [3.05, 3.63) is 18.0 Å². The molecule has 0 unspecified atom stereocenters. The molecule has 0 N–H and O–H groups in total. The molecule has 2 bridgehead atoms. The fourth-order valence-electron chi connectivity index (χ4n) is 5.06. The topological polar surface area (TPSA) is 63.4 Å². The Balaban J connectivity index is 1.75. The Labute approximate surface area is 119 Å². The summed E-state index contributed by atoms with van der Waals surface area (Å²) >= 11 is 0. The summed E-state index contributed by atoms with van der Waals surface area (Å²) in [7, 11) is -3.19. The maximum absolute atomic E-state index is 12.6. The summed E-state index contributed by atoms with van der Waals surface area (Å²) in [6.45, 7) is 4.88. The zero-order valence-corrected chi connectivity index (χ0v) is 12.7. The van der Waals surface area contributed by atoms with E-state index in [-0.39, 0.29) is 16.9 Å². The molecular formula is C14H20N2O3S. The zero-order chi connectivity index (χ0) is 14.2. The summed E-state index contributed by atoms with van der Waals surface area (Å²) < 4.78 is 31.8. The maximum atomic E-state index is 12.6. The van der Waals surface area contributed by atoms with Gasteiger partial charge in [-0.15, -0.1) is 0 Å². The fourth-order valence-corrected chi connectivity index (χ4v) is 7.59. The first-order valence-electron chi connectivity index (χ1n) is 7.26. The molecule has 2 saturated carbocycles. The molecule has 0 amide bonds. The monoisotopic (exact) mass is 296 g/mol. The summed E-state index contributed by atoms with van der Waals surface area (Å²) in [4.78, 5) is 0. The lowest BCUT2D eigenvalue weighted by atomic mass is 9.69. The van der Waals surface area contributed by atoms with Gasteiger partial charge in [-0.3, -0.25) is 0 Å². The van der Waals surface area contributed by atoms with Crippen LogP contribution in [0.5, 0.6) is 0 Å².